The first kappa shape index (κ1) is 14.6. The van der Waals surface area contributed by atoms with Crippen molar-refractivity contribution in [2.24, 2.45) is 0 Å². The van der Waals surface area contributed by atoms with Crippen LogP contribution in [0.25, 0.3) is 0 Å². The molecular weight excluding hydrogens is 280 g/mol. The number of carbonyl (C=O) groups excluding carboxylic acids is 1. The predicted molar refractivity (Wildman–Crippen MR) is 74.5 cm³/mol. The lowest BCUT2D eigenvalue weighted by Crippen LogP contribution is -2.15. The average molecular weight is 295 g/mol. The fourth-order valence-corrected chi connectivity index (χ4v) is 2.96. The Hall–Kier alpha value is -0.460. The molecule has 0 aliphatic carbocycles. The maximum Gasteiger partial charge on any atom is 0.351 e. The Balaban J connectivity index is 2.63. The number of nitrogens with one attached hydrogen (secondary N) is 1. The molecule has 1 unspecified atom stereocenters. The topological polar surface area (TPSA) is 51.2 Å². The van der Waals surface area contributed by atoms with Gasteiger partial charge in [0, 0.05) is 6.04 Å². The van der Waals surface area contributed by atoms with Crippen LogP contribution in [-0.2, 0) is 4.74 Å². The SMILES string of the molecule is COC(=O)c1sc(NC(C)CCSC)nc1Cl. The van der Waals surface area contributed by atoms with Crippen molar-refractivity contribution in [3.8, 4) is 0 Å². The Morgan fingerprint density at radius 2 is 2.41 bits per heavy atom. The molecular formula is C10H15ClN2O2S2. The summed E-state index contributed by atoms with van der Waals surface area (Å²) >= 11 is 8.88. The molecule has 4 nitrogen and oxygen atoms in total. The van der Waals surface area contributed by atoms with Gasteiger partial charge in [0.2, 0.25) is 0 Å². The number of esters is 1. The Bertz CT molecular complexity index is 384. The van der Waals surface area contributed by atoms with Crippen LogP contribution in [0.2, 0.25) is 5.15 Å². The molecule has 1 heterocycles. The van der Waals surface area contributed by atoms with Crippen LogP contribution in [0.5, 0.6) is 0 Å². The van der Waals surface area contributed by atoms with Crippen LogP contribution < -0.4 is 5.32 Å². The number of thiazole rings is 1. The van der Waals surface area contributed by atoms with E-state index in [9.17, 15) is 4.79 Å². The van der Waals surface area contributed by atoms with Gasteiger partial charge in [-0.15, -0.1) is 0 Å². The summed E-state index contributed by atoms with van der Waals surface area (Å²) in [7, 11) is 1.33. The van der Waals surface area contributed by atoms with E-state index in [4.69, 9.17) is 11.6 Å². The van der Waals surface area contributed by atoms with E-state index in [1.165, 1.54) is 18.4 Å². The lowest BCUT2D eigenvalue weighted by molar-refractivity contribution is 0.0606. The highest BCUT2D eigenvalue weighted by atomic mass is 35.5. The molecule has 0 saturated heterocycles. The quantitative estimate of drug-likeness (QED) is 0.817. The van der Waals surface area contributed by atoms with Crippen LogP contribution in [0.15, 0.2) is 0 Å². The summed E-state index contributed by atoms with van der Waals surface area (Å²) in [6.07, 6.45) is 3.11. The van der Waals surface area contributed by atoms with Gasteiger partial charge < -0.3 is 10.1 Å². The summed E-state index contributed by atoms with van der Waals surface area (Å²) in [5.41, 5.74) is 0. The third-order valence-electron chi connectivity index (χ3n) is 2.08. The molecule has 0 spiro atoms. The molecule has 1 aromatic rings. The summed E-state index contributed by atoms with van der Waals surface area (Å²) in [6.45, 7) is 2.07. The van der Waals surface area contributed by atoms with E-state index in [1.807, 2.05) is 0 Å². The largest absolute Gasteiger partial charge is 0.465 e. The molecule has 0 fully saturated rings. The van der Waals surface area contributed by atoms with Crippen molar-refractivity contribution in [3.05, 3.63) is 10.0 Å². The van der Waals surface area contributed by atoms with E-state index in [0.29, 0.717) is 16.1 Å². The summed E-state index contributed by atoms with van der Waals surface area (Å²) in [6, 6.07) is 0.301. The zero-order chi connectivity index (χ0) is 12.8. The summed E-state index contributed by atoms with van der Waals surface area (Å²) in [4.78, 5) is 15.8. The first-order chi connectivity index (χ1) is 8.08. The monoisotopic (exact) mass is 294 g/mol. The number of anilines is 1. The average Bonchev–Trinajstić information content (AvgIpc) is 2.66. The van der Waals surface area contributed by atoms with Gasteiger partial charge in [-0.3, -0.25) is 0 Å². The second kappa shape index (κ2) is 7.08. The minimum Gasteiger partial charge on any atom is -0.465 e. The van der Waals surface area contributed by atoms with E-state index in [0.717, 1.165) is 12.2 Å². The van der Waals surface area contributed by atoms with E-state index < -0.39 is 5.97 Å². The van der Waals surface area contributed by atoms with Gasteiger partial charge >= 0.3 is 5.97 Å². The van der Waals surface area contributed by atoms with E-state index >= 15 is 0 Å². The first-order valence-corrected chi connectivity index (χ1v) is 7.67. The summed E-state index contributed by atoms with van der Waals surface area (Å²) in [5, 5.41) is 4.07. The van der Waals surface area contributed by atoms with Crippen molar-refractivity contribution >= 4 is 45.8 Å². The number of aromatic nitrogens is 1. The minimum atomic E-state index is -0.447. The van der Waals surface area contributed by atoms with Crippen molar-refractivity contribution in [1.82, 2.24) is 4.98 Å². The number of ether oxygens (including phenoxy) is 1. The van der Waals surface area contributed by atoms with Crippen molar-refractivity contribution in [1.29, 1.82) is 0 Å². The third-order valence-corrected chi connectivity index (χ3v) is 4.08. The van der Waals surface area contributed by atoms with Gasteiger partial charge in [0.15, 0.2) is 15.2 Å². The van der Waals surface area contributed by atoms with Gasteiger partial charge in [-0.1, -0.05) is 22.9 Å². The number of halogens is 1. The number of thioether (sulfide) groups is 1. The lowest BCUT2D eigenvalue weighted by Gasteiger charge is -2.11. The molecule has 0 amide bonds. The van der Waals surface area contributed by atoms with E-state index in [2.05, 4.69) is 28.2 Å². The highest BCUT2D eigenvalue weighted by Crippen LogP contribution is 2.28. The molecule has 17 heavy (non-hydrogen) atoms. The molecule has 96 valence electrons. The van der Waals surface area contributed by atoms with Crippen LogP contribution >= 0.6 is 34.7 Å². The number of hydrogen-bond donors (Lipinski definition) is 1. The van der Waals surface area contributed by atoms with Crippen LogP contribution in [-0.4, -0.2) is 36.1 Å². The number of nitrogens with zero attached hydrogens (tertiary/aromatic N) is 1. The van der Waals surface area contributed by atoms with Gasteiger partial charge in [0.1, 0.15) is 0 Å². The van der Waals surface area contributed by atoms with Crippen LogP contribution in [0, 0.1) is 0 Å². The van der Waals surface area contributed by atoms with Gasteiger partial charge in [-0.05, 0) is 25.4 Å². The molecule has 1 N–H and O–H groups in total. The second-order valence-corrected chi connectivity index (χ2v) is 5.80. The van der Waals surface area contributed by atoms with Crippen molar-refractivity contribution in [2.75, 3.05) is 24.4 Å². The van der Waals surface area contributed by atoms with Crippen molar-refractivity contribution in [3.63, 3.8) is 0 Å². The first-order valence-electron chi connectivity index (χ1n) is 5.08. The fourth-order valence-electron chi connectivity index (χ4n) is 1.16. The Morgan fingerprint density at radius 3 is 3.00 bits per heavy atom. The van der Waals surface area contributed by atoms with Gasteiger partial charge in [-0.2, -0.15) is 11.8 Å². The smallest absolute Gasteiger partial charge is 0.351 e. The highest BCUT2D eigenvalue weighted by molar-refractivity contribution is 7.98. The van der Waals surface area contributed by atoms with Crippen LogP contribution in [0.3, 0.4) is 0 Å². The van der Waals surface area contributed by atoms with E-state index in [-0.39, 0.29) is 5.15 Å². The van der Waals surface area contributed by atoms with Crippen molar-refractivity contribution in [2.45, 2.75) is 19.4 Å². The number of carbonyl (C=O) groups is 1. The molecule has 0 bridgehead atoms. The predicted octanol–water partition coefficient (Wildman–Crippen LogP) is 3.14. The zero-order valence-corrected chi connectivity index (χ0v) is 12.3. The Morgan fingerprint density at radius 1 is 1.71 bits per heavy atom. The number of rotatable bonds is 6. The standard InChI is InChI=1S/C10H15ClN2O2S2/c1-6(4-5-16-3)12-10-13-8(11)7(17-10)9(14)15-2/h6H,4-5H2,1-3H3,(H,12,13). The molecule has 0 radical (unpaired) electrons. The van der Waals surface area contributed by atoms with Gasteiger partial charge in [-0.25, -0.2) is 9.78 Å². The minimum absolute atomic E-state index is 0.196. The van der Waals surface area contributed by atoms with Crippen molar-refractivity contribution < 1.29 is 9.53 Å². The maximum absolute atomic E-state index is 11.3. The maximum atomic E-state index is 11.3. The molecule has 1 rings (SSSR count). The van der Waals surface area contributed by atoms with Crippen LogP contribution in [0.4, 0.5) is 5.13 Å². The Kier molecular flexibility index (Phi) is 6.08. The third kappa shape index (κ3) is 4.37. The fraction of sp³-hybridized carbons (Fsp3) is 0.600. The van der Waals surface area contributed by atoms with Gasteiger partial charge in [0.05, 0.1) is 7.11 Å². The second-order valence-electron chi connectivity index (χ2n) is 3.46. The molecule has 1 atom stereocenters. The molecule has 0 aliphatic heterocycles. The van der Waals surface area contributed by atoms with Crippen LogP contribution in [0.1, 0.15) is 23.0 Å². The number of hydrogen-bond acceptors (Lipinski definition) is 6. The molecule has 7 heteroatoms. The molecule has 0 saturated carbocycles. The zero-order valence-electron chi connectivity index (χ0n) is 9.95. The Labute approximate surface area is 114 Å². The lowest BCUT2D eigenvalue weighted by atomic mass is 10.3. The molecule has 1 aromatic heterocycles. The van der Waals surface area contributed by atoms with Gasteiger partial charge in [0.25, 0.3) is 0 Å². The molecule has 0 aliphatic rings. The number of methoxy groups -OCH3 is 1. The van der Waals surface area contributed by atoms with E-state index in [1.54, 1.807) is 11.8 Å². The molecule has 0 aromatic carbocycles. The highest BCUT2D eigenvalue weighted by Gasteiger charge is 2.17. The summed E-state index contributed by atoms with van der Waals surface area (Å²) < 4.78 is 4.62. The summed E-state index contributed by atoms with van der Waals surface area (Å²) in [5.74, 6) is 0.634. The normalized spacial score (nSPS) is 12.2.